The molecule has 2 heterocycles. The maximum atomic E-state index is 13.3. The minimum Gasteiger partial charge on any atom is -0.337 e. The largest absolute Gasteiger partial charge is 0.337 e. The number of piperidine rings is 1. The van der Waals surface area contributed by atoms with Crippen molar-refractivity contribution in [3.05, 3.63) is 45.8 Å². The third-order valence-corrected chi connectivity index (χ3v) is 7.09. The molecule has 1 aromatic carbocycles. The molecule has 4 rings (SSSR count). The van der Waals surface area contributed by atoms with Crippen LogP contribution in [0, 0.1) is 38.0 Å². The molecule has 7 nitrogen and oxygen atoms in total. The fourth-order valence-electron chi connectivity index (χ4n) is 5.54. The molecule has 7 heteroatoms. The van der Waals surface area contributed by atoms with Crippen LogP contribution in [0.2, 0.25) is 0 Å². The van der Waals surface area contributed by atoms with Crippen LogP contribution in [0.1, 0.15) is 77.0 Å². The Morgan fingerprint density at radius 1 is 1.03 bits per heavy atom. The van der Waals surface area contributed by atoms with Gasteiger partial charge in [-0.25, -0.2) is 0 Å². The number of carbonyl (C=O) groups excluding carboxylic acids is 3. The van der Waals surface area contributed by atoms with Gasteiger partial charge < -0.3 is 4.90 Å². The van der Waals surface area contributed by atoms with Gasteiger partial charge in [0.2, 0.25) is 0 Å². The molecule has 0 N–H and O–H groups in total. The van der Waals surface area contributed by atoms with Gasteiger partial charge >= 0.3 is 0 Å². The van der Waals surface area contributed by atoms with Gasteiger partial charge in [0.15, 0.2) is 5.69 Å². The van der Waals surface area contributed by atoms with E-state index in [1.165, 1.54) is 4.80 Å². The third kappa shape index (κ3) is 4.22. The van der Waals surface area contributed by atoms with Crippen molar-refractivity contribution in [2.75, 3.05) is 13.1 Å². The van der Waals surface area contributed by atoms with Crippen LogP contribution < -0.4 is 0 Å². The van der Waals surface area contributed by atoms with Crippen molar-refractivity contribution in [3.63, 3.8) is 0 Å². The topological polar surface area (TPSA) is 85.2 Å². The molecule has 2 fully saturated rings. The quantitative estimate of drug-likeness (QED) is 0.523. The van der Waals surface area contributed by atoms with Crippen LogP contribution in [-0.2, 0) is 16.6 Å². The summed E-state index contributed by atoms with van der Waals surface area (Å²) in [6.07, 6.45) is 2.05. The van der Waals surface area contributed by atoms with E-state index < -0.39 is 5.92 Å². The van der Waals surface area contributed by atoms with Crippen molar-refractivity contribution in [3.8, 4) is 11.8 Å². The van der Waals surface area contributed by atoms with E-state index in [2.05, 4.69) is 22.0 Å². The second kappa shape index (κ2) is 8.58. The molecule has 1 saturated heterocycles. The van der Waals surface area contributed by atoms with Crippen molar-refractivity contribution >= 4 is 17.5 Å². The SMILES string of the molecule is CC#Cc1cc(C)c(C2C(=O)CC3(CCN(C(=O)c4nn(C)nc4C)CC3)CC2=O)c(C)c1. The highest BCUT2D eigenvalue weighted by atomic mass is 16.2. The number of hydrogen-bond donors (Lipinski definition) is 0. The second-order valence-electron chi connectivity index (χ2n) is 9.53. The number of nitrogens with zero attached hydrogens (tertiary/aromatic N) is 4. The van der Waals surface area contributed by atoms with Gasteiger partial charge in [-0.3, -0.25) is 14.4 Å². The van der Waals surface area contributed by atoms with Crippen molar-refractivity contribution in [2.45, 2.75) is 59.3 Å². The second-order valence-corrected chi connectivity index (χ2v) is 9.53. The number of aryl methyl sites for hydroxylation is 4. The Bertz CT molecular complexity index is 1160. The van der Waals surface area contributed by atoms with Crippen LogP contribution in [0.4, 0.5) is 0 Å². The number of hydrogen-bond acceptors (Lipinski definition) is 5. The summed E-state index contributed by atoms with van der Waals surface area (Å²) >= 11 is 0. The van der Waals surface area contributed by atoms with Crippen molar-refractivity contribution in [2.24, 2.45) is 12.5 Å². The van der Waals surface area contributed by atoms with Crippen LogP contribution in [0.25, 0.3) is 0 Å². The number of Topliss-reactive ketones (excluding diaryl/α,β-unsaturated/α-hetero) is 2. The normalized spacial score (nSPS) is 18.4. The summed E-state index contributed by atoms with van der Waals surface area (Å²) in [4.78, 5) is 42.7. The maximum Gasteiger partial charge on any atom is 0.276 e. The van der Waals surface area contributed by atoms with Crippen LogP contribution in [-0.4, -0.2) is 50.5 Å². The lowest BCUT2D eigenvalue weighted by Gasteiger charge is -2.44. The highest BCUT2D eigenvalue weighted by Gasteiger charge is 2.48. The van der Waals surface area contributed by atoms with Gasteiger partial charge in [0, 0.05) is 38.5 Å². The van der Waals surface area contributed by atoms with E-state index in [-0.39, 0.29) is 22.9 Å². The van der Waals surface area contributed by atoms with E-state index in [1.807, 2.05) is 26.0 Å². The molecule has 172 valence electrons. The minimum absolute atomic E-state index is 0.00340. The molecule has 0 radical (unpaired) electrons. The summed E-state index contributed by atoms with van der Waals surface area (Å²) in [7, 11) is 1.69. The molecule has 0 bridgehead atoms. The average Bonchev–Trinajstić information content (AvgIpc) is 3.08. The Morgan fingerprint density at radius 2 is 1.61 bits per heavy atom. The predicted octanol–water partition coefficient (Wildman–Crippen LogP) is 3.05. The highest BCUT2D eigenvalue weighted by Crippen LogP contribution is 2.46. The molecule has 1 amide bonds. The van der Waals surface area contributed by atoms with Gasteiger partial charge in [-0.2, -0.15) is 9.90 Å². The molecule has 0 atom stereocenters. The number of benzene rings is 1. The Hall–Kier alpha value is -3.27. The first kappa shape index (κ1) is 22.9. The number of likely N-dealkylation sites (tertiary alicyclic amines) is 1. The van der Waals surface area contributed by atoms with Crippen molar-refractivity contribution in [1.82, 2.24) is 19.9 Å². The smallest absolute Gasteiger partial charge is 0.276 e. The molecule has 2 aromatic rings. The molecule has 1 aliphatic heterocycles. The molecule has 33 heavy (non-hydrogen) atoms. The Labute approximate surface area is 194 Å². The lowest BCUT2D eigenvalue weighted by molar-refractivity contribution is -0.138. The third-order valence-electron chi connectivity index (χ3n) is 7.09. The van der Waals surface area contributed by atoms with Crippen LogP contribution in [0.5, 0.6) is 0 Å². The maximum absolute atomic E-state index is 13.3. The zero-order valence-electron chi connectivity index (χ0n) is 20.0. The van der Waals surface area contributed by atoms with Crippen LogP contribution in [0.15, 0.2) is 12.1 Å². The van der Waals surface area contributed by atoms with Crippen molar-refractivity contribution in [1.29, 1.82) is 0 Å². The first-order valence-corrected chi connectivity index (χ1v) is 11.4. The first-order valence-electron chi connectivity index (χ1n) is 11.4. The van der Waals surface area contributed by atoms with Gasteiger partial charge in [-0.15, -0.1) is 11.0 Å². The number of amides is 1. The molecule has 0 unspecified atom stereocenters. The highest BCUT2D eigenvalue weighted by molar-refractivity contribution is 6.10. The summed E-state index contributed by atoms with van der Waals surface area (Å²) in [5.41, 5.74) is 4.24. The number of aromatic nitrogens is 3. The molecule has 1 saturated carbocycles. The van der Waals surface area contributed by atoms with Crippen LogP contribution >= 0.6 is 0 Å². The molecular weight excluding hydrogens is 416 g/mol. The summed E-state index contributed by atoms with van der Waals surface area (Å²) < 4.78 is 0. The number of rotatable bonds is 2. The van der Waals surface area contributed by atoms with Gasteiger partial charge in [0.25, 0.3) is 5.91 Å². The van der Waals surface area contributed by atoms with E-state index >= 15 is 0 Å². The summed E-state index contributed by atoms with van der Waals surface area (Å²) in [6, 6.07) is 3.92. The molecular formula is C26H30N4O3. The Balaban J connectivity index is 1.49. The minimum atomic E-state index is -0.693. The van der Waals surface area contributed by atoms with Gasteiger partial charge in [0.05, 0.1) is 5.69 Å². The summed E-state index contributed by atoms with van der Waals surface area (Å²) in [5.74, 6) is 5.12. The summed E-state index contributed by atoms with van der Waals surface area (Å²) in [6.45, 7) is 8.50. The fraction of sp³-hybridized carbons (Fsp3) is 0.500. The number of carbonyl (C=O) groups is 3. The predicted molar refractivity (Wildman–Crippen MR) is 124 cm³/mol. The monoisotopic (exact) mass is 446 g/mol. The van der Waals surface area contributed by atoms with E-state index in [1.54, 1.807) is 25.8 Å². The summed E-state index contributed by atoms with van der Waals surface area (Å²) in [5, 5.41) is 8.35. The molecule has 1 aliphatic carbocycles. The fourth-order valence-corrected chi connectivity index (χ4v) is 5.54. The molecule has 1 spiro atoms. The van der Waals surface area contributed by atoms with Gasteiger partial charge in [-0.1, -0.05) is 5.92 Å². The van der Waals surface area contributed by atoms with E-state index in [9.17, 15) is 14.4 Å². The average molecular weight is 447 g/mol. The lowest BCUT2D eigenvalue weighted by Crippen LogP contribution is -2.48. The molecule has 1 aromatic heterocycles. The van der Waals surface area contributed by atoms with Crippen LogP contribution in [0.3, 0.4) is 0 Å². The number of ketones is 2. The van der Waals surface area contributed by atoms with Gasteiger partial charge in [-0.05, 0) is 74.8 Å². The lowest BCUT2D eigenvalue weighted by atomic mass is 9.62. The van der Waals surface area contributed by atoms with E-state index in [0.717, 1.165) is 22.3 Å². The van der Waals surface area contributed by atoms with E-state index in [4.69, 9.17) is 0 Å². The molecule has 2 aliphatic rings. The van der Waals surface area contributed by atoms with Gasteiger partial charge in [0.1, 0.15) is 17.5 Å². The first-order chi connectivity index (χ1) is 15.6. The zero-order chi connectivity index (χ0) is 23.9. The Morgan fingerprint density at radius 3 is 2.09 bits per heavy atom. The van der Waals surface area contributed by atoms with Crippen molar-refractivity contribution < 1.29 is 14.4 Å². The zero-order valence-corrected chi connectivity index (χ0v) is 20.0. The standard InChI is InChI=1S/C26H30N4O3/c1-6-7-19-12-16(2)22(17(3)13-19)23-20(31)14-26(15-21(23)32)8-10-30(11-9-26)25(33)24-18(4)27-29(5)28-24/h12-13,23H,8-11,14-15H2,1-5H3. The Kier molecular flexibility index (Phi) is 5.96. The van der Waals surface area contributed by atoms with E-state index in [0.29, 0.717) is 50.2 Å².